The average molecular weight is 404 g/mol. The molecule has 1 aromatic carbocycles. The van der Waals surface area contributed by atoms with E-state index in [1.165, 1.54) is 6.20 Å². The molecule has 1 aromatic heterocycles. The van der Waals surface area contributed by atoms with Gasteiger partial charge in [-0.25, -0.2) is 4.98 Å². The van der Waals surface area contributed by atoms with Crippen LogP contribution in [0.4, 0.5) is 0 Å². The average Bonchev–Trinajstić information content (AvgIpc) is 3.10. The topological polar surface area (TPSA) is 56.3 Å². The minimum atomic E-state index is -0.677. The summed E-state index contributed by atoms with van der Waals surface area (Å²) in [6, 6.07) is 7.06. The maximum atomic E-state index is 12.9. The third kappa shape index (κ3) is 3.37. The first-order chi connectivity index (χ1) is 13.0. The van der Waals surface area contributed by atoms with Crippen molar-refractivity contribution in [3.63, 3.8) is 0 Å². The number of aromatic nitrogens is 1. The van der Waals surface area contributed by atoms with Crippen LogP contribution in [0.15, 0.2) is 30.5 Å². The molecule has 0 N–H and O–H groups in total. The third-order valence-corrected chi connectivity index (χ3v) is 6.08. The quantitative estimate of drug-likeness (QED) is 0.641. The molecule has 0 saturated heterocycles. The van der Waals surface area contributed by atoms with E-state index >= 15 is 0 Å². The maximum absolute atomic E-state index is 12.9. The predicted octanol–water partition coefficient (Wildman–Crippen LogP) is 5.39. The van der Waals surface area contributed by atoms with Gasteiger partial charge in [-0.3, -0.25) is 9.59 Å². The molecule has 2 aliphatic carbocycles. The number of Topliss-reactive ketones (excluding diaryl/α,β-unsaturated/α-hetero) is 2. The zero-order valence-electron chi connectivity index (χ0n) is 14.9. The van der Waals surface area contributed by atoms with Crippen LogP contribution in [0.1, 0.15) is 43.2 Å². The Labute approximate surface area is 167 Å². The molecule has 0 spiro atoms. The summed E-state index contributed by atoms with van der Waals surface area (Å²) in [5.74, 6) is 0.198. The Balaban J connectivity index is 1.71. The van der Waals surface area contributed by atoms with Gasteiger partial charge < -0.3 is 4.74 Å². The smallest absolute Gasteiger partial charge is 0.238 e. The van der Waals surface area contributed by atoms with E-state index in [2.05, 4.69) is 4.98 Å². The van der Waals surface area contributed by atoms with Gasteiger partial charge in [-0.2, -0.15) is 0 Å². The molecule has 2 atom stereocenters. The van der Waals surface area contributed by atoms with Crippen LogP contribution in [0.25, 0.3) is 0 Å². The van der Waals surface area contributed by atoms with Gasteiger partial charge in [0.25, 0.3) is 0 Å². The van der Waals surface area contributed by atoms with Crippen molar-refractivity contribution in [3.8, 4) is 11.6 Å². The molecule has 4 nitrogen and oxygen atoms in total. The summed E-state index contributed by atoms with van der Waals surface area (Å²) in [5, 5.41) is 0.717. The van der Waals surface area contributed by atoms with Crippen molar-refractivity contribution >= 4 is 34.8 Å². The second kappa shape index (κ2) is 7.25. The number of carbonyl (C=O) groups is 2. The zero-order chi connectivity index (χ0) is 19.1. The van der Waals surface area contributed by atoms with Crippen LogP contribution in [-0.2, 0) is 16.0 Å². The first-order valence-electron chi connectivity index (χ1n) is 9.17. The number of fused-ring (bicyclic) bond motifs is 2. The van der Waals surface area contributed by atoms with Crippen molar-refractivity contribution in [2.45, 2.75) is 38.5 Å². The van der Waals surface area contributed by atoms with Gasteiger partial charge in [-0.1, -0.05) is 36.2 Å². The van der Waals surface area contributed by atoms with E-state index in [9.17, 15) is 9.59 Å². The number of pyridine rings is 1. The molecular weight excluding hydrogens is 385 g/mol. The predicted molar refractivity (Wildman–Crippen MR) is 104 cm³/mol. The van der Waals surface area contributed by atoms with Crippen LogP contribution >= 0.6 is 23.2 Å². The molecule has 2 aromatic rings. The molecule has 2 bridgehead atoms. The Morgan fingerprint density at radius 1 is 1.11 bits per heavy atom. The van der Waals surface area contributed by atoms with Crippen molar-refractivity contribution in [1.82, 2.24) is 4.98 Å². The number of benzene rings is 1. The first-order valence-corrected chi connectivity index (χ1v) is 9.92. The fourth-order valence-electron chi connectivity index (χ4n) is 4.23. The van der Waals surface area contributed by atoms with Crippen LogP contribution in [0.3, 0.4) is 0 Å². The standard InChI is InChI=1S/C21H19Cl2NO3/c1-2-11-5-6-15(27-21-17(23)8-14(22)10-24-21)9-16(11)18-19(25)12-3-4-13(7-12)20(18)26/h5-6,8-10,12-13,18H,2-4,7H2,1H3. The molecular formula is C21H19Cl2NO3. The largest absolute Gasteiger partial charge is 0.438 e. The fourth-order valence-corrected chi connectivity index (χ4v) is 4.65. The van der Waals surface area contributed by atoms with E-state index in [4.69, 9.17) is 27.9 Å². The molecule has 140 valence electrons. The lowest BCUT2D eigenvalue weighted by Crippen LogP contribution is -2.35. The molecule has 0 aliphatic heterocycles. The molecule has 0 amide bonds. The molecule has 6 heteroatoms. The van der Waals surface area contributed by atoms with Crippen LogP contribution in [-0.4, -0.2) is 16.6 Å². The van der Waals surface area contributed by atoms with Gasteiger partial charge in [0.15, 0.2) is 11.6 Å². The number of rotatable bonds is 4. The Morgan fingerprint density at radius 2 is 1.81 bits per heavy atom. The van der Waals surface area contributed by atoms with Gasteiger partial charge in [-0.05, 0) is 55.0 Å². The molecule has 4 rings (SSSR count). The van der Waals surface area contributed by atoms with Crippen molar-refractivity contribution in [1.29, 1.82) is 0 Å². The lowest BCUT2D eigenvalue weighted by molar-refractivity contribution is -0.135. The van der Waals surface area contributed by atoms with Crippen LogP contribution in [0.2, 0.25) is 10.0 Å². The number of aryl methyl sites for hydroxylation is 1. The number of ether oxygens (including phenoxy) is 1. The number of carbonyl (C=O) groups excluding carboxylic acids is 2. The molecule has 0 radical (unpaired) electrons. The van der Waals surface area contributed by atoms with Crippen molar-refractivity contribution in [2.75, 3.05) is 0 Å². The van der Waals surface area contributed by atoms with Gasteiger partial charge in [0.2, 0.25) is 5.88 Å². The fraction of sp³-hybridized carbons (Fsp3) is 0.381. The normalized spacial score (nSPS) is 24.3. The monoisotopic (exact) mass is 403 g/mol. The van der Waals surface area contributed by atoms with Crippen molar-refractivity contribution in [2.24, 2.45) is 11.8 Å². The Kier molecular flexibility index (Phi) is 4.95. The van der Waals surface area contributed by atoms with E-state index in [1.54, 1.807) is 18.2 Å². The van der Waals surface area contributed by atoms with E-state index in [1.807, 2.05) is 13.0 Å². The van der Waals surface area contributed by atoms with Gasteiger partial charge in [0, 0.05) is 18.0 Å². The summed E-state index contributed by atoms with van der Waals surface area (Å²) in [6.07, 6.45) is 4.56. The summed E-state index contributed by atoms with van der Waals surface area (Å²) in [7, 11) is 0. The molecule has 27 heavy (non-hydrogen) atoms. The summed E-state index contributed by atoms with van der Waals surface area (Å²) in [5.41, 5.74) is 1.75. The molecule has 2 fully saturated rings. The summed E-state index contributed by atoms with van der Waals surface area (Å²) >= 11 is 12.0. The number of hydrogen-bond donors (Lipinski definition) is 0. The van der Waals surface area contributed by atoms with Gasteiger partial charge in [0.1, 0.15) is 16.7 Å². The van der Waals surface area contributed by atoms with E-state index in [0.29, 0.717) is 15.8 Å². The summed E-state index contributed by atoms with van der Waals surface area (Å²) in [6.45, 7) is 2.02. The number of ketones is 2. The third-order valence-electron chi connectivity index (χ3n) is 5.60. The molecule has 2 aliphatic rings. The highest BCUT2D eigenvalue weighted by molar-refractivity contribution is 6.35. The van der Waals surface area contributed by atoms with E-state index in [-0.39, 0.29) is 29.3 Å². The van der Waals surface area contributed by atoms with Gasteiger partial charge in [-0.15, -0.1) is 0 Å². The van der Waals surface area contributed by atoms with Crippen molar-refractivity contribution < 1.29 is 14.3 Å². The lowest BCUT2D eigenvalue weighted by atomic mass is 9.74. The van der Waals surface area contributed by atoms with E-state index < -0.39 is 5.92 Å². The highest BCUT2D eigenvalue weighted by Crippen LogP contribution is 2.45. The highest BCUT2D eigenvalue weighted by atomic mass is 35.5. The summed E-state index contributed by atoms with van der Waals surface area (Å²) in [4.78, 5) is 29.9. The number of halogens is 2. The van der Waals surface area contributed by atoms with Crippen LogP contribution in [0.5, 0.6) is 11.6 Å². The van der Waals surface area contributed by atoms with E-state index in [0.717, 1.165) is 36.8 Å². The minimum absolute atomic E-state index is 0.0133. The Morgan fingerprint density at radius 3 is 2.44 bits per heavy atom. The second-order valence-electron chi connectivity index (χ2n) is 7.20. The van der Waals surface area contributed by atoms with Crippen LogP contribution in [0, 0.1) is 11.8 Å². The van der Waals surface area contributed by atoms with Gasteiger partial charge >= 0.3 is 0 Å². The Bertz CT molecular complexity index is 906. The molecule has 1 heterocycles. The summed E-state index contributed by atoms with van der Waals surface area (Å²) < 4.78 is 5.81. The number of nitrogens with zero attached hydrogens (tertiary/aromatic N) is 1. The molecule has 2 unspecified atom stereocenters. The number of hydrogen-bond acceptors (Lipinski definition) is 4. The second-order valence-corrected chi connectivity index (χ2v) is 8.05. The zero-order valence-corrected chi connectivity index (χ0v) is 16.4. The SMILES string of the molecule is CCc1ccc(Oc2ncc(Cl)cc2Cl)cc1C1C(=O)C2CCC(C2)C1=O. The lowest BCUT2D eigenvalue weighted by Gasteiger charge is -2.27. The Hall–Kier alpha value is -1.91. The molecule has 2 saturated carbocycles. The van der Waals surface area contributed by atoms with Crippen molar-refractivity contribution in [3.05, 3.63) is 51.6 Å². The minimum Gasteiger partial charge on any atom is -0.438 e. The maximum Gasteiger partial charge on any atom is 0.238 e. The van der Waals surface area contributed by atoms with Crippen LogP contribution < -0.4 is 4.74 Å². The first kappa shape index (κ1) is 18.5. The van der Waals surface area contributed by atoms with Gasteiger partial charge in [0.05, 0.1) is 5.02 Å². The highest BCUT2D eigenvalue weighted by Gasteiger charge is 2.47.